The molecule has 3 aromatic carbocycles. The lowest BCUT2D eigenvalue weighted by atomic mass is 9.76. The maximum Gasteiger partial charge on any atom is 0.255 e. The number of phenols is 1. The third-order valence-electron chi connectivity index (χ3n) is 9.12. The molecule has 0 saturated heterocycles. The minimum atomic E-state index is -1.53. The Morgan fingerprint density at radius 1 is 0.896 bits per heavy atom. The molecule has 11 heteroatoms. The molecule has 0 heterocycles. The molecular formula is C37H53NO8S2. The molecule has 3 atom stereocenters. The highest BCUT2D eigenvalue weighted by molar-refractivity contribution is 7.95. The van der Waals surface area contributed by atoms with Crippen molar-refractivity contribution < 1.29 is 38.7 Å². The molecule has 0 aliphatic carbocycles. The van der Waals surface area contributed by atoms with Crippen LogP contribution in [0.25, 0.3) is 10.8 Å². The molecule has 9 nitrogen and oxygen atoms in total. The minimum absolute atomic E-state index is 0.00192. The number of rotatable bonds is 20. The highest BCUT2D eigenvalue weighted by Gasteiger charge is 2.30. The first-order valence-corrected chi connectivity index (χ1v) is 19.5. The van der Waals surface area contributed by atoms with Crippen LogP contribution in [-0.2, 0) is 33.2 Å². The molecule has 48 heavy (non-hydrogen) atoms. The van der Waals surface area contributed by atoms with E-state index in [0.29, 0.717) is 36.1 Å². The van der Waals surface area contributed by atoms with Crippen molar-refractivity contribution in [1.29, 1.82) is 0 Å². The van der Waals surface area contributed by atoms with E-state index in [-0.39, 0.29) is 59.2 Å². The minimum Gasteiger partial charge on any atom is -0.616 e. The summed E-state index contributed by atoms with van der Waals surface area (Å²) < 4.78 is 37.4. The van der Waals surface area contributed by atoms with Crippen LogP contribution in [0.4, 0.5) is 0 Å². The van der Waals surface area contributed by atoms with Gasteiger partial charge < -0.3 is 39.2 Å². The van der Waals surface area contributed by atoms with Gasteiger partial charge in [-0.05, 0) is 70.1 Å². The lowest BCUT2D eigenvalue weighted by molar-refractivity contribution is 0.0948. The second-order valence-electron chi connectivity index (χ2n) is 13.2. The fourth-order valence-corrected chi connectivity index (χ4v) is 7.88. The maximum atomic E-state index is 13.3. The highest BCUT2D eigenvalue weighted by Crippen LogP contribution is 2.39. The van der Waals surface area contributed by atoms with Crippen LogP contribution in [0.1, 0.15) is 82.3 Å². The zero-order chi connectivity index (χ0) is 35.5. The molecule has 0 spiro atoms. The Morgan fingerprint density at radius 3 is 2.21 bits per heavy atom. The smallest absolute Gasteiger partial charge is 0.255 e. The van der Waals surface area contributed by atoms with E-state index in [0.717, 1.165) is 18.6 Å². The van der Waals surface area contributed by atoms with Crippen molar-refractivity contribution in [2.45, 2.75) is 76.9 Å². The van der Waals surface area contributed by atoms with Crippen molar-refractivity contribution in [3.63, 3.8) is 0 Å². The first kappa shape index (κ1) is 39.8. The van der Waals surface area contributed by atoms with Crippen molar-refractivity contribution in [2.75, 3.05) is 50.2 Å². The molecule has 0 bridgehead atoms. The van der Waals surface area contributed by atoms with E-state index in [4.69, 9.17) is 14.6 Å². The van der Waals surface area contributed by atoms with E-state index in [1.165, 1.54) is 17.2 Å². The van der Waals surface area contributed by atoms with Crippen LogP contribution in [0.5, 0.6) is 17.2 Å². The van der Waals surface area contributed by atoms with Crippen molar-refractivity contribution in [2.24, 2.45) is 0 Å². The van der Waals surface area contributed by atoms with Gasteiger partial charge in [-0.2, -0.15) is 0 Å². The van der Waals surface area contributed by atoms with Crippen molar-refractivity contribution in [3.05, 3.63) is 65.2 Å². The fourth-order valence-electron chi connectivity index (χ4n) is 5.20. The molecule has 0 aromatic heterocycles. The lowest BCUT2D eigenvalue weighted by Gasteiger charge is -2.30. The van der Waals surface area contributed by atoms with E-state index in [1.54, 1.807) is 24.3 Å². The molecule has 0 radical (unpaired) electrons. The average Bonchev–Trinajstić information content (AvgIpc) is 3.07. The number of hydrogen-bond acceptors (Lipinski definition) is 8. The monoisotopic (exact) mass is 703 g/mol. The number of aromatic hydroxyl groups is 1. The third-order valence-corrected chi connectivity index (χ3v) is 12.4. The summed E-state index contributed by atoms with van der Waals surface area (Å²) >= 11 is -2.96. The van der Waals surface area contributed by atoms with Gasteiger partial charge in [0.2, 0.25) is 0 Å². The fraction of sp³-hybridized carbons (Fsp3) is 0.541. The third kappa shape index (κ3) is 10.4. The Hall–Kier alpha value is -2.67. The van der Waals surface area contributed by atoms with Crippen LogP contribution in [0.3, 0.4) is 0 Å². The van der Waals surface area contributed by atoms with Gasteiger partial charge in [0.25, 0.3) is 5.91 Å². The van der Waals surface area contributed by atoms with Crippen LogP contribution >= 0.6 is 0 Å². The van der Waals surface area contributed by atoms with Crippen LogP contribution < -0.4 is 14.8 Å². The van der Waals surface area contributed by atoms with Gasteiger partial charge in [0, 0.05) is 22.9 Å². The van der Waals surface area contributed by atoms with E-state index >= 15 is 0 Å². The number of ether oxygens (including phenoxy) is 2. The van der Waals surface area contributed by atoms with Gasteiger partial charge in [0.1, 0.15) is 35.4 Å². The number of hydrogen-bond donors (Lipinski definition) is 4. The Labute approximate surface area is 291 Å². The van der Waals surface area contributed by atoms with Crippen molar-refractivity contribution in [3.8, 4) is 17.2 Å². The van der Waals surface area contributed by atoms with Crippen molar-refractivity contribution in [1.82, 2.24) is 5.32 Å². The Balaban J connectivity index is 1.72. The van der Waals surface area contributed by atoms with Crippen LogP contribution in [-0.4, -0.2) is 85.8 Å². The van der Waals surface area contributed by atoms with E-state index in [9.17, 15) is 24.1 Å². The largest absolute Gasteiger partial charge is 0.616 e. The first-order chi connectivity index (χ1) is 22.8. The zero-order valence-electron chi connectivity index (χ0n) is 29.2. The number of nitrogens with one attached hydrogen (secondary N) is 1. The number of phenolic OH excluding ortho intramolecular Hbond substituents is 1. The molecule has 3 aromatic rings. The zero-order valence-corrected chi connectivity index (χ0v) is 30.8. The molecule has 0 aliphatic rings. The molecule has 266 valence electrons. The predicted octanol–water partition coefficient (Wildman–Crippen LogP) is 5.35. The van der Waals surface area contributed by atoms with Gasteiger partial charge in [-0.1, -0.05) is 77.9 Å². The topological polar surface area (TPSA) is 154 Å². The summed E-state index contributed by atoms with van der Waals surface area (Å²) in [7, 11) is 0. The first-order valence-electron chi connectivity index (χ1n) is 16.7. The molecule has 3 unspecified atom stereocenters. The summed E-state index contributed by atoms with van der Waals surface area (Å²) in [6, 6.07) is 14.9. The Morgan fingerprint density at radius 2 is 1.56 bits per heavy atom. The van der Waals surface area contributed by atoms with Gasteiger partial charge in [-0.25, -0.2) is 0 Å². The number of aliphatic hydroxyl groups excluding tert-OH is 2. The Bertz CT molecular complexity index is 1480. The predicted molar refractivity (Wildman–Crippen MR) is 195 cm³/mol. The molecule has 0 aliphatic heterocycles. The quantitative estimate of drug-likeness (QED) is 0.0908. The number of amides is 1. The number of benzene rings is 3. The second-order valence-corrected chi connectivity index (χ2v) is 16.7. The maximum absolute atomic E-state index is 13.3. The van der Waals surface area contributed by atoms with Gasteiger partial charge in [-0.15, -0.1) is 0 Å². The van der Waals surface area contributed by atoms with Gasteiger partial charge in [0.15, 0.2) is 11.0 Å². The van der Waals surface area contributed by atoms with E-state index < -0.39 is 33.5 Å². The number of fused-ring (bicyclic) bond motifs is 1. The van der Waals surface area contributed by atoms with E-state index in [1.807, 2.05) is 0 Å². The SMILES string of the molecule is CCC(C)(C)c1ccc(OCCCNC(=O)c2cc(OCC(C[S+]([O-])CCO)[S+]([O-])CCO)c3ccccc3c2O)c(C(C)(C)CC)c1. The van der Waals surface area contributed by atoms with Gasteiger partial charge >= 0.3 is 0 Å². The molecule has 3 rings (SSSR count). The van der Waals surface area contributed by atoms with Crippen LogP contribution in [0.15, 0.2) is 48.5 Å². The lowest BCUT2D eigenvalue weighted by Crippen LogP contribution is -2.38. The molecule has 4 N–H and O–H groups in total. The molecule has 0 saturated carbocycles. The summed E-state index contributed by atoms with van der Waals surface area (Å²) in [5, 5.41) is 32.7. The van der Waals surface area contributed by atoms with E-state index in [2.05, 4.69) is 65.1 Å². The van der Waals surface area contributed by atoms with Crippen LogP contribution in [0, 0.1) is 0 Å². The summed E-state index contributed by atoms with van der Waals surface area (Å²) in [6.45, 7) is 13.4. The number of aliphatic hydroxyl groups is 2. The number of carbonyl (C=O) groups excluding carboxylic acids is 1. The Kier molecular flexibility index (Phi) is 15.2. The van der Waals surface area contributed by atoms with Gasteiger partial charge in [0.05, 0.1) is 25.4 Å². The van der Waals surface area contributed by atoms with Crippen molar-refractivity contribution >= 4 is 39.0 Å². The molecule has 0 fully saturated rings. The highest BCUT2D eigenvalue weighted by atomic mass is 32.2. The number of carbonyl (C=O) groups is 1. The molecule has 1 amide bonds. The summed E-state index contributed by atoms with van der Waals surface area (Å²) in [5.41, 5.74) is 2.47. The van der Waals surface area contributed by atoms with Crippen LogP contribution in [0.2, 0.25) is 0 Å². The van der Waals surface area contributed by atoms with Gasteiger partial charge in [-0.3, -0.25) is 4.79 Å². The normalized spacial score (nSPS) is 14.0. The summed E-state index contributed by atoms with van der Waals surface area (Å²) in [4.78, 5) is 13.3. The average molecular weight is 704 g/mol. The second kappa shape index (κ2) is 18.4. The summed E-state index contributed by atoms with van der Waals surface area (Å²) in [5.74, 6) is 0.554. The summed E-state index contributed by atoms with van der Waals surface area (Å²) in [6.07, 6.45) is 2.53. The standard InChI is InChI=1S/C37H53NO8S2/c1-7-36(3,4)26-14-15-32(31(22-26)37(5,6)8-2)45-19-11-16-38-35(42)30-23-33(28-12-9-10-13-29(28)34(30)41)46-24-27(48(44)21-18-40)25-47(43)20-17-39/h9-10,12-15,22-23,27,39-41H,7-8,11,16-21,24-25H2,1-6H3,(H,38,42). The molecular weight excluding hydrogens is 651 g/mol.